The highest BCUT2D eigenvalue weighted by Crippen LogP contribution is 2.43. The summed E-state index contributed by atoms with van der Waals surface area (Å²) < 4.78 is 73.4. The molecule has 22 heteroatoms. The Morgan fingerprint density at radius 3 is 1.15 bits per heavy atom. The molecule has 540 valence electrons. The lowest BCUT2D eigenvalue weighted by Gasteiger charge is -2.45. The van der Waals surface area contributed by atoms with Crippen LogP contribution in [0.5, 0.6) is 0 Å². The Kier molecular flexibility index (Phi) is 56.2. The van der Waals surface area contributed by atoms with Gasteiger partial charge in [0.1, 0.15) is 18.2 Å². The van der Waals surface area contributed by atoms with Gasteiger partial charge in [-0.3, -0.25) is 23.4 Å². The third kappa shape index (κ3) is 50.4. The van der Waals surface area contributed by atoms with Crippen molar-refractivity contribution in [1.82, 2.24) is 10.6 Å². The van der Waals surface area contributed by atoms with E-state index in [1.165, 1.54) is 96.3 Å². The molecule has 0 bridgehead atoms. The minimum atomic E-state index is -5.45. The molecule has 1 rings (SSSR count). The first-order valence-electron chi connectivity index (χ1n) is 36.9. The van der Waals surface area contributed by atoms with E-state index in [0.717, 1.165) is 154 Å². The number of rotatable bonds is 66. The van der Waals surface area contributed by atoms with Gasteiger partial charge in [0.15, 0.2) is 12.4 Å². The van der Waals surface area contributed by atoms with Crippen molar-refractivity contribution in [3.05, 3.63) is 0 Å². The van der Waals surface area contributed by atoms with E-state index in [4.69, 9.17) is 37.5 Å². The van der Waals surface area contributed by atoms with E-state index in [-0.39, 0.29) is 19.3 Å². The second-order valence-electron chi connectivity index (χ2n) is 25.8. The molecule has 20 nitrogen and oxygen atoms in total. The van der Waals surface area contributed by atoms with Crippen molar-refractivity contribution in [3.63, 3.8) is 0 Å². The molecule has 0 radical (unpaired) electrons. The van der Waals surface area contributed by atoms with Crippen molar-refractivity contribution < 1.29 is 85.7 Å². The summed E-state index contributed by atoms with van der Waals surface area (Å²) in [7, 11) is -10.6. The van der Waals surface area contributed by atoms with E-state index < -0.39 is 108 Å². The van der Waals surface area contributed by atoms with Crippen molar-refractivity contribution in [2.75, 3.05) is 39.6 Å². The number of esters is 1. The lowest BCUT2D eigenvalue weighted by atomic mass is 9.95. The summed E-state index contributed by atoms with van der Waals surface area (Å²) in [5.41, 5.74) is 0. The summed E-state index contributed by atoms with van der Waals surface area (Å²) in [5.74, 6) is -1.91. The highest BCUT2D eigenvalue weighted by molar-refractivity contribution is 7.46. The number of hydrogen-bond donors (Lipinski definition) is 7. The Labute approximate surface area is 552 Å². The van der Waals surface area contributed by atoms with Crippen LogP contribution >= 0.6 is 15.6 Å². The standard InChI is InChI=1S/C69H136N2O18P2/c1-7-13-19-25-28-31-34-37-40-46-59(82-49-43-22-16-10-4)52-63(73)70-58(57-86-90(76,77)78)56-85-69-66(71-64(74)53-60(83-50-44-23-17-11-5)47-41-38-35-32-29-26-20-14-8-2)68(67(62(55-72)87-69)89-91(79,80)81)88-65(75)54-61(84-51-45-24-18-12-6)48-42-39-36-33-30-27-21-15-9-3/h58-62,66-69,72H,7-57H2,1-6H3,(H,70,73)(H,71,74)(H2,76,77,78)(H2,79,80,81)/t58-,59?,60+,61-,62-,66-,67-,68-,69-/m1/s1. The van der Waals surface area contributed by atoms with E-state index in [1.54, 1.807) is 0 Å². The fourth-order valence-electron chi connectivity index (χ4n) is 11.7. The molecule has 91 heavy (non-hydrogen) atoms. The molecule has 1 fully saturated rings. The lowest BCUT2D eigenvalue weighted by Crippen LogP contribution is -2.66. The van der Waals surface area contributed by atoms with Crippen molar-refractivity contribution >= 4 is 33.4 Å². The number of nitrogens with one attached hydrogen (secondary N) is 2. The van der Waals surface area contributed by atoms with Crippen LogP contribution in [0.15, 0.2) is 0 Å². The molecule has 0 aliphatic carbocycles. The summed E-state index contributed by atoms with van der Waals surface area (Å²) in [5, 5.41) is 16.6. The molecule has 0 aromatic carbocycles. The number of phosphoric acid groups is 2. The van der Waals surface area contributed by atoms with Crippen LogP contribution in [0.2, 0.25) is 0 Å². The summed E-state index contributed by atoms with van der Waals surface area (Å²) in [6, 6.07) is -2.84. The summed E-state index contributed by atoms with van der Waals surface area (Å²) in [4.78, 5) is 83.9. The number of carbonyl (C=O) groups excluding carboxylic acids is 3. The Bertz CT molecular complexity index is 1810. The Balaban J connectivity index is 3.77. The molecule has 1 saturated heterocycles. The zero-order valence-electron chi connectivity index (χ0n) is 58.2. The smallest absolute Gasteiger partial charge is 0.457 e. The fraction of sp³-hybridized carbons (Fsp3) is 0.957. The first-order chi connectivity index (χ1) is 43.9. The van der Waals surface area contributed by atoms with Gasteiger partial charge in [0.2, 0.25) is 11.8 Å². The second kappa shape index (κ2) is 58.5. The van der Waals surface area contributed by atoms with Crippen LogP contribution in [0, 0.1) is 0 Å². The van der Waals surface area contributed by atoms with Gasteiger partial charge >= 0.3 is 21.6 Å². The Morgan fingerprint density at radius 1 is 0.440 bits per heavy atom. The number of hydrogen-bond acceptors (Lipinski definition) is 14. The number of unbranched alkanes of at least 4 members (excludes halogenated alkanes) is 33. The van der Waals surface area contributed by atoms with Gasteiger partial charge in [-0.2, -0.15) is 0 Å². The first-order valence-corrected chi connectivity index (χ1v) is 39.9. The predicted octanol–water partition coefficient (Wildman–Crippen LogP) is 16.0. The third-order valence-corrected chi connectivity index (χ3v) is 18.1. The lowest BCUT2D eigenvalue weighted by molar-refractivity contribution is -0.272. The molecule has 0 spiro atoms. The highest BCUT2D eigenvalue weighted by atomic mass is 31.2. The molecule has 1 unspecified atom stereocenters. The summed E-state index contributed by atoms with van der Waals surface area (Å²) in [6.07, 6.45) is 34.5. The zero-order chi connectivity index (χ0) is 67.1. The fourth-order valence-corrected chi connectivity index (χ4v) is 12.7. The molecular weight excluding hydrogens is 1210 g/mol. The van der Waals surface area contributed by atoms with E-state index in [9.17, 15) is 48.2 Å². The molecule has 7 N–H and O–H groups in total. The van der Waals surface area contributed by atoms with Crippen molar-refractivity contribution in [2.24, 2.45) is 0 Å². The largest absolute Gasteiger partial charge is 0.470 e. The van der Waals surface area contributed by atoms with Crippen LogP contribution in [-0.4, -0.2) is 137 Å². The van der Waals surface area contributed by atoms with Crippen molar-refractivity contribution in [1.29, 1.82) is 0 Å². The minimum Gasteiger partial charge on any atom is -0.457 e. The van der Waals surface area contributed by atoms with E-state index >= 15 is 0 Å². The number of carbonyl (C=O) groups is 3. The Hall–Kier alpha value is -1.61. The number of aliphatic hydroxyl groups excluding tert-OH is 1. The van der Waals surface area contributed by atoms with Gasteiger partial charge in [0.05, 0.1) is 63.4 Å². The highest BCUT2D eigenvalue weighted by Gasteiger charge is 2.52. The predicted molar refractivity (Wildman–Crippen MR) is 361 cm³/mol. The molecule has 1 aliphatic heterocycles. The normalized spacial score (nSPS) is 18.5. The minimum absolute atomic E-state index is 0.0642. The van der Waals surface area contributed by atoms with Gasteiger partial charge in [-0.15, -0.1) is 0 Å². The quantitative estimate of drug-likeness (QED) is 0.0169. The van der Waals surface area contributed by atoms with Gasteiger partial charge in [-0.1, -0.05) is 273 Å². The molecule has 1 aliphatic rings. The average molecular weight is 1340 g/mol. The van der Waals surface area contributed by atoms with Gasteiger partial charge in [-0.05, 0) is 38.5 Å². The molecule has 0 aromatic heterocycles. The van der Waals surface area contributed by atoms with Crippen molar-refractivity contribution in [2.45, 2.75) is 385 Å². The zero-order valence-corrected chi connectivity index (χ0v) is 60.0. The molecule has 2 amide bonds. The van der Waals surface area contributed by atoms with Crippen LogP contribution < -0.4 is 10.6 Å². The van der Waals surface area contributed by atoms with Crippen LogP contribution in [0.3, 0.4) is 0 Å². The summed E-state index contributed by atoms with van der Waals surface area (Å²) >= 11 is 0. The average Bonchev–Trinajstić information content (AvgIpc) is 0.997. The number of ether oxygens (including phenoxy) is 6. The molecule has 0 aromatic rings. The van der Waals surface area contributed by atoms with E-state index in [2.05, 4.69) is 52.2 Å². The SMILES string of the molecule is CCCCCCCCCCCC(CC(=O)N[C@H](CO[C@@H]1O[C@H](CO)[C@@H](OP(=O)(O)O)[C@H](OC(=O)C[C@@H](CCCCCCCCCCC)OCCCCCC)[C@H]1NC(=O)C[C@H](CCCCCCCCCCC)OCCCCCC)COP(=O)(O)O)OCCCCCC. The molecular formula is C69H136N2O18P2. The summed E-state index contributed by atoms with van der Waals surface area (Å²) in [6.45, 7) is 12.1. The third-order valence-electron chi connectivity index (χ3n) is 17.1. The van der Waals surface area contributed by atoms with Crippen LogP contribution in [0.1, 0.15) is 330 Å². The Morgan fingerprint density at radius 2 is 0.791 bits per heavy atom. The topological polar surface area (TPSA) is 284 Å². The number of aliphatic hydroxyl groups is 1. The maximum atomic E-state index is 14.7. The van der Waals surface area contributed by atoms with E-state index in [0.29, 0.717) is 39.1 Å². The first kappa shape index (κ1) is 87.4. The van der Waals surface area contributed by atoms with Crippen LogP contribution in [0.4, 0.5) is 0 Å². The van der Waals surface area contributed by atoms with Gasteiger partial charge in [0.25, 0.3) is 0 Å². The maximum absolute atomic E-state index is 14.7. The monoisotopic (exact) mass is 1340 g/mol. The van der Waals surface area contributed by atoms with Crippen molar-refractivity contribution in [3.8, 4) is 0 Å². The maximum Gasteiger partial charge on any atom is 0.470 e. The van der Waals surface area contributed by atoms with Gasteiger partial charge < -0.3 is 63.7 Å². The molecule has 0 saturated carbocycles. The van der Waals surface area contributed by atoms with Gasteiger partial charge in [-0.25, -0.2) is 9.13 Å². The molecule has 9 atom stereocenters. The van der Waals surface area contributed by atoms with Gasteiger partial charge in [0, 0.05) is 19.8 Å². The van der Waals surface area contributed by atoms with Crippen LogP contribution in [-0.2, 0) is 61.0 Å². The number of amides is 2. The van der Waals surface area contributed by atoms with Crippen LogP contribution in [0.25, 0.3) is 0 Å². The second-order valence-corrected chi connectivity index (χ2v) is 28.3. The molecule has 1 heterocycles. The number of phosphoric ester groups is 2. The van der Waals surface area contributed by atoms with E-state index in [1.807, 2.05) is 0 Å².